The number of hydrogen-bond acceptors (Lipinski definition) is 3. The molecule has 2 N–H and O–H groups in total. The Balaban J connectivity index is 1.76. The Morgan fingerprint density at radius 3 is 2.68 bits per heavy atom. The highest BCUT2D eigenvalue weighted by molar-refractivity contribution is 5.90. The molecule has 5 nitrogen and oxygen atoms in total. The molecule has 0 aromatic heterocycles. The number of anilines is 2. The van der Waals surface area contributed by atoms with Gasteiger partial charge in [-0.2, -0.15) is 0 Å². The third kappa shape index (κ3) is 5.99. The van der Waals surface area contributed by atoms with Gasteiger partial charge in [0.2, 0.25) is 0 Å². The molecule has 0 aliphatic heterocycles. The van der Waals surface area contributed by atoms with E-state index in [1.165, 1.54) is 18.2 Å². The summed E-state index contributed by atoms with van der Waals surface area (Å²) in [5.74, 6) is -0.0835. The smallest absolute Gasteiger partial charge is 0.319 e. The molecule has 0 heterocycles. The number of rotatable bonds is 8. The highest BCUT2D eigenvalue weighted by atomic mass is 19.1. The number of ether oxygens (including phenoxy) is 1. The van der Waals surface area contributed by atoms with E-state index < -0.39 is 5.82 Å². The van der Waals surface area contributed by atoms with Gasteiger partial charge in [-0.3, -0.25) is 0 Å². The molecule has 2 rings (SSSR count). The predicted octanol–water partition coefficient (Wildman–Crippen LogP) is 3.87. The van der Waals surface area contributed by atoms with Crippen LogP contribution in [0.25, 0.3) is 0 Å². The first-order valence-corrected chi connectivity index (χ1v) is 8.33. The molecule has 0 aliphatic rings. The predicted molar refractivity (Wildman–Crippen MR) is 98.9 cm³/mol. The van der Waals surface area contributed by atoms with E-state index in [-0.39, 0.29) is 6.03 Å². The van der Waals surface area contributed by atoms with Crippen LogP contribution in [0.2, 0.25) is 0 Å². The Hall–Kier alpha value is -2.76. The average molecular weight is 345 g/mol. The molecule has 0 bridgehead atoms. The highest BCUT2D eigenvalue weighted by Crippen LogP contribution is 2.25. The van der Waals surface area contributed by atoms with Crippen LogP contribution in [0, 0.1) is 5.82 Å². The first-order chi connectivity index (χ1) is 12.1. The van der Waals surface area contributed by atoms with Crippen molar-refractivity contribution >= 4 is 17.4 Å². The van der Waals surface area contributed by atoms with Gasteiger partial charge in [0.1, 0.15) is 11.6 Å². The van der Waals surface area contributed by atoms with Crippen molar-refractivity contribution in [2.24, 2.45) is 0 Å². The summed E-state index contributed by atoms with van der Waals surface area (Å²) >= 11 is 0. The maximum absolute atomic E-state index is 13.3. The minimum absolute atomic E-state index is 0.321. The fourth-order valence-corrected chi connectivity index (χ4v) is 2.37. The van der Waals surface area contributed by atoms with E-state index in [1.54, 1.807) is 6.92 Å². The van der Waals surface area contributed by atoms with Gasteiger partial charge in [0.25, 0.3) is 0 Å². The quantitative estimate of drug-likeness (QED) is 0.714. The van der Waals surface area contributed by atoms with Gasteiger partial charge in [0.15, 0.2) is 0 Å². The van der Waals surface area contributed by atoms with Crippen molar-refractivity contribution < 1.29 is 13.9 Å². The van der Waals surface area contributed by atoms with Crippen molar-refractivity contribution in [1.82, 2.24) is 5.32 Å². The van der Waals surface area contributed by atoms with Gasteiger partial charge in [-0.1, -0.05) is 18.2 Å². The fraction of sp³-hybridized carbons (Fsp3) is 0.316. The SMILES string of the molecule is CCOc1cc(F)ccc1NC(=O)NCCCN(C)c1ccccc1. The Morgan fingerprint density at radius 2 is 1.96 bits per heavy atom. The van der Waals surface area contributed by atoms with Crippen LogP contribution < -0.4 is 20.3 Å². The Labute approximate surface area is 147 Å². The van der Waals surface area contributed by atoms with Crippen LogP contribution in [0.3, 0.4) is 0 Å². The Kier molecular flexibility index (Phi) is 7.07. The van der Waals surface area contributed by atoms with E-state index in [9.17, 15) is 9.18 Å². The lowest BCUT2D eigenvalue weighted by atomic mass is 10.3. The summed E-state index contributed by atoms with van der Waals surface area (Å²) in [4.78, 5) is 14.1. The zero-order chi connectivity index (χ0) is 18.1. The highest BCUT2D eigenvalue weighted by Gasteiger charge is 2.09. The topological polar surface area (TPSA) is 53.6 Å². The minimum Gasteiger partial charge on any atom is -0.492 e. The van der Waals surface area contributed by atoms with Crippen molar-refractivity contribution in [2.45, 2.75) is 13.3 Å². The van der Waals surface area contributed by atoms with Gasteiger partial charge < -0.3 is 20.3 Å². The second-order valence-electron chi connectivity index (χ2n) is 5.57. The molecule has 0 fully saturated rings. The third-order valence-corrected chi connectivity index (χ3v) is 3.64. The molecule has 2 aromatic carbocycles. The second kappa shape index (κ2) is 9.52. The fourth-order valence-electron chi connectivity index (χ4n) is 2.37. The van der Waals surface area contributed by atoms with Crippen LogP contribution in [0.5, 0.6) is 5.75 Å². The van der Waals surface area contributed by atoms with Gasteiger partial charge >= 0.3 is 6.03 Å². The number of halogens is 1. The molecule has 0 saturated carbocycles. The van der Waals surface area contributed by atoms with Crippen LogP contribution >= 0.6 is 0 Å². The van der Waals surface area contributed by atoms with E-state index >= 15 is 0 Å². The van der Waals surface area contributed by atoms with Crippen LogP contribution in [0.4, 0.5) is 20.6 Å². The van der Waals surface area contributed by atoms with Crippen molar-refractivity contribution in [1.29, 1.82) is 0 Å². The van der Waals surface area contributed by atoms with Crippen LogP contribution in [-0.2, 0) is 0 Å². The number of hydrogen-bond donors (Lipinski definition) is 2. The van der Waals surface area contributed by atoms with Crippen LogP contribution in [-0.4, -0.2) is 32.8 Å². The number of benzene rings is 2. The van der Waals surface area contributed by atoms with Gasteiger partial charge in [-0.25, -0.2) is 9.18 Å². The number of urea groups is 1. The molecule has 0 radical (unpaired) electrons. The molecule has 134 valence electrons. The molecule has 6 heteroatoms. The first-order valence-electron chi connectivity index (χ1n) is 8.33. The summed E-state index contributed by atoms with van der Waals surface area (Å²) < 4.78 is 18.6. The van der Waals surface area contributed by atoms with E-state index in [4.69, 9.17) is 4.74 Å². The van der Waals surface area contributed by atoms with Crippen molar-refractivity contribution in [3.63, 3.8) is 0 Å². The molecule has 0 spiro atoms. The van der Waals surface area contributed by atoms with E-state index in [0.717, 1.165) is 18.7 Å². The maximum Gasteiger partial charge on any atom is 0.319 e. The first kappa shape index (κ1) is 18.6. The Morgan fingerprint density at radius 1 is 1.20 bits per heavy atom. The summed E-state index contributed by atoms with van der Waals surface area (Å²) in [5, 5.41) is 5.48. The number of nitrogens with one attached hydrogen (secondary N) is 2. The summed E-state index contributed by atoms with van der Waals surface area (Å²) in [6.45, 7) is 3.56. The van der Waals surface area contributed by atoms with E-state index in [1.807, 2.05) is 37.4 Å². The minimum atomic E-state index is -0.404. The van der Waals surface area contributed by atoms with Gasteiger partial charge in [0, 0.05) is 31.9 Å². The molecule has 0 unspecified atom stereocenters. The lowest BCUT2D eigenvalue weighted by Gasteiger charge is -2.19. The molecular weight excluding hydrogens is 321 g/mol. The summed E-state index contributed by atoms with van der Waals surface area (Å²) in [7, 11) is 2.02. The molecule has 0 saturated heterocycles. The number of amides is 2. The lowest BCUT2D eigenvalue weighted by Crippen LogP contribution is -2.31. The van der Waals surface area contributed by atoms with Crippen molar-refractivity contribution in [2.75, 3.05) is 37.0 Å². The molecule has 0 aliphatic carbocycles. The van der Waals surface area contributed by atoms with E-state index in [0.29, 0.717) is 24.6 Å². The zero-order valence-corrected chi connectivity index (χ0v) is 14.6. The number of carbonyl (C=O) groups excluding carboxylic acids is 1. The maximum atomic E-state index is 13.3. The molecule has 2 amide bonds. The largest absolute Gasteiger partial charge is 0.492 e. The van der Waals surface area contributed by atoms with Crippen molar-refractivity contribution in [3.8, 4) is 5.75 Å². The Bertz CT molecular complexity index is 680. The molecule has 25 heavy (non-hydrogen) atoms. The molecule has 0 atom stereocenters. The summed E-state index contributed by atoms with van der Waals surface area (Å²) in [5.41, 5.74) is 1.58. The monoisotopic (exact) mass is 345 g/mol. The number of nitrogens with zero attached hydrogens (tertiary/aromatic N) is 1. The number of carbonyl (C=O) groups is 1. The van der Waals surface area contributed by atoms with Gasteiger partial charge in [0.05, 0.1) is 12.3 Å². The zero-order valence-electron chi connectivity index (χ0n) is 14.6. The third-order valence-electron chi connectivity index (χ3n) is 3.64. The number of para-hydroxylation sites is 1. The summed E-state index contributed by atoms with van der Waals surface area (Å²) in [6.07, 6.45) is 0.806. The average Bonchev–Trinajstić information content (AvgIpc) is 2.62. The van der Waals surface area contributed by atoms with E-state index in [2.05, 4.69) is 15.5 Å². The summed E-state index contributed by atoms with van der Waals surface area (Å²) in [6, 6.07) is 13.8. The second-order valence-corrected chi connectivity index (χ2v) is 5.57. The molecule has 2 aromatic rings. The van der Waals surface area contributed by atoms with Gasteiger partial charge in [-0.15, -0.1) is 0 Å². The molecular formula is C19H24FN3O2. The van der Waals surface area contributed by atoms with Crippen LogP contribution in [0.15, 0.2) is 48.5 Å². The van der Waals surface area contributed by atoms with Crippen molar-refractivity contribution in [3.05, 3.63) is 54.3 Å². The lowest BCUT2D eigenvalue weighted by molar-refractivity contribution is 0.251. The van der Waals surface area contributed by atoms with Crippen LogP contribution in [0.1, 0.15) is 13.3 Å². The standard InChI is InChI=1S/C19H24FN3O2/c1-3-25-18-14-15(20)10-11-17(18)22-19(24)21-12-7-13-23(2)16-8-5-4-6-9-16/h4-6,8-11,14H,3,7,12-13H2,1-2H3,(H2,21,22,24). The van der Waals surface area contributed by atoms with Gasteiger partial charge in [-0.05, 0) is 37.6 Å². The normalized spacial score (nSPS) is 10.2.